The number of rotatable bonds is 4. The number of benzene rings is 1. The molecule has 1 aromatic heterocycles. The topological polar surface area (TPSA) is 110 Å². The number of methoxy groups -OCH3 is 1. The Morgan fingerprint density at radius 3 is 2.16 bits per heavy atom. The predicted octanol–water partition coefficient (Wildman–Crippen LogP) is 5.04. The van der Waals surface area contributed by atoms with E-state index in [1.807, 2.05) is 0 Å². The van der Waals surface area contributed by atoms with Crippen molar-refractivity contribution in [3.8, 4) is 0 Å². The fraction of sp³-hybridized carbons (Fsp3) is 0.381. The highest BCUT2D eigenvalue weighted by atomic mass is 19.4. The highest BCUT2D eigenvalue weighted by molar-refractivity contribution is 6.08. The van der Waals surface area contributed by atoms with E-state index in [9.17, 15) is 27.6 Å². The Morgan fingerprint density at radius 2 is 1.62 bits per heavy atom. The Hall–Kier alpha value is -3.50. The van der Waals surface area contributed by atoms with Gasteiger partial charge >= 0.3 is 18.2 Å². The fourth-order valence-electron chi connectivity index (χ4n) is 2.92. The molecule has 0 unspecified atom stereocenters. The molecule has 174 valence electrons. The third kappa shape index (κ3) is 5.80. The number of ether oxygens (including phenoxy) is 2. The van der Waals surface area contributed by atoms with E-state index < -0.39 is 35.3 Å². The third-order valence-electron chi connectivity index (χ3n) is 4.28. The van der Waals surface area contributed by atoms with Crippen molar-refractivity contribution in [3.05, 3.63) is 46.3 Å². The van der Waals surface area contributed by atoms with Gasteiger partial charge in [-0.2, -0.15) is 13.2 Å². The van der Waals surface area contributed by atoms with Crippen LogP contribution in [0.2, 0.25) is 0 Å². The standard InChI is InChI=1S/C21H24F3N3O5/c1-10-15(18(29)31-6)11(2)25-16(10)17(28)26-14-9-12(21(22,23)24)7-8-13(14)27-19(30)32-20(3,4)5/h7-9,25H,1-6H3,(H,26,28)(H,27,30). The molecule has 0 aliphatic heterocycles. The van der Waals surface area contributed by atoms with Crippen LogP contribution in [-0.2, 0) is 15.7 Å². The molecule has 11 heteroatoms. The van der Waals surface area contributed by atoms with E-state index in [4.69, 9.17) is 4.74 Å². The summed E-state index contributed by atoms with van der Waals surface area (Å²) in [4.78, 5) is 39.6. The number of aryl methyl sites for hydroxylation is 1. The SMILES string of the molecule is COC(=O)c1c(C)[nH]c(C(=O)Nc2cc(C(F)(F)F)ccc2NC(=O)OC(C)(C)C)c1C. The van der Waals surface area contributed by atoms with Crippen molar-refractivity contribution in [1.82, 2.24) is 4.98 Å². The molecule has 2 rings (SSSR count). The first-order chi connectivity index (χ1) is 14.6. The largest absolute Gasteiger partial charge is 0.465 e. The van der Waals surface area contributed by atoms with Gasteiger partial charge in [-0.1, -0.05) is 0 Å². The summed E-state index contributed by atoms with van der Waals surface area (Å²) in [7, 11) is 1.19. The number of amides is 2. The molecule has 2 amide bonds. The van der Waals surface area contributed by atoms with Crippen molar-refractivity contribution < 1.29 is 37.0 Å². The van der Waals surface area contributed by atoms with E-state index in [2.05, 4.69) is 20.4 Å². The fourth-order valence-corrected chi connectivity index (χ4v) is 2.92. The van der Waals surface area contributed by atoms with Gasteiger partial charge in [-0.05, 0) is 58.4 Å². The number of aromatic amines is 1. The first kappa shape index (κ1) is 24.8. The van der Waals surface area contributed by atoms with Crippen molar-refractivity contribution in [3.63, 3.8) is 0 Å². The number of hydrogen-bond acceptors (Lipinski definition) is 5. The van der Waals surface area contributed by atoms with Crippen molar-refractivity contribution in [2.75, 3.05) is 17.7 Å². The normalized spacial score (nSPS) is 11.7. The van der Waals surface area contributed by atoms with Crippen LogP contribution in [0.25, 0.3) is 0 Å². The number of hydrogen-bond donors (Lipinski definition) is 3. The molecular formula is C21H24F3N3O5. The van der Waals surface area contributed by atoms with E-state index in [1.165, 1.54) is 14.0 Å². The third-order valence-corrected chi connectivity index (χ3v) is 4.28. The maximum atomic E-state index is 13.2. The molecule has 1 heterocycles. The van der Waals surface area contributed by atoms with Crippen molar-refractivity contribution >= 4 is 29.3 Å². The molecule has 1 aromatic carbocycles. The molecule has 2 aromatic rings. The number of carbonyl (C=O) groups excluding carboxylic acids is 3. The monoisotopic (exact) mass is 455 g/mol. The lowest BCUT2D eigenvalue weighted by atomic mass is 10.1. The molecule has 0 saturated heterocycles. The molecule has 0 spiro atoms. The van der Waals surface area contributed by atoms with Gasteiger partial charge in [0.2, 0.25) is 0 Å². The average Bonchev–Trinajstić information content (AvgIpc) is 2.94. The first-order valence-corrected chi connectivity index (χ1v) is 9.44. The van der Waals surface area contributed by atoms with E-state index >= 15 is 0 Å². The van der Waals surface area contributed by atoms with Gasteiger partial charge < -0.3 is 19.8 Å². The molecule has 0 atom stereocenters. The highest BCUT2D eigenvalue weighted by Gasteiger charge is 2.32. The Balaban J connectivity index is 2.43. The number of carbonyl (C=O) groups is 3. The lowest BCUT2D eigenvalue weighted by Crippen LogP contribution is -2.27. The Kier molecular flexibility index (Phi) is 6.91. The average molecular weight is 455 g/mol. The number of halogens is 3. The minimum absolute atomic E-state index is 0.0384. The van der Waals surface area contributed by atoms with E-state index in [0.717, 1.165) is 12.1 Å². The zero-order valence-electron chi connectivity index (χ0n) is 18.4. The number of alkyl halides is 3. The number of esters is 1. The zero-order valence-corrected chi connectivity index (χ0v) is 18.4. The molecular weight excluding hydrogens is 431 g/mol. The quantitative estimate of drug-likeness (QED) is 0.560. The Bertz CT molecular complexity index is 1050. The van der Waals surface area contributed by atoms with Crippen LogP contribution in [0.15, 0.2) is 18.2 Å². The van der Waals surface area contributed by atoms with Crippen LogP contribution in [0, 0.1) is 13.8 Å². The molecule has 0 radical (unpaired) electrons. The van der Waals surface area contributed by atoms with Crippen LogP contribution in [-0.4, -0.2) is 35.7 Å². The van der Waals surface area contributed by atoms with Crippen molar-refractivity contribution in [2.24, 2.45) is 0 Å². The summed E-state index contributed by atoms with van der Waals surface area (Å²) >= 11 is 0. The van der Waals surface area contributed by atoms with Crippen molar-refractivity contribution in [2.45, 2.75) is 46.4 Å². The van der Waals surface area contributed by atoms with Crippen LogP contribution in [0.5, 0.6) is 0 Å². The van der Waals surface area contributed by atoms with Crippen LogP contribution in [0.4, 0.5) is 29.3 Å². The summed E-state index contributed by atoms with van der Waals surface area (Å²) < 4.78 is 49.4. The summed E-state index contributed by atoms with van der Waals surface area (Å²) in [6, 6.07) is 2.47. The summed E-state index contributed by atoms with van der Waals surface area (Å²) in [5.41, 5.74) is -1.55. The molecule has 0 saturated carbocycles. The second-order valence-electron chi connectivity index (χ2n) is 7.96. The summed E-state index contributed by atoms with van der Waals surface area (Å²) in [5.74, 6) is -1.48. The van der Waals surface area contributed by atoms with Gasteiger partial charge in [0.05, 0.1) is 29.6 Å². The lowest BCUT2D eigenvalue weighted by molar-refractivity contribution is -0.137. The molecule has 0 bridgehead atoms. The number of H-pyrrole nitrogens is 1. The minimum atomic E-state index is -4.68. The summed E-state index contributed by atoms with van der Waals surface area (Å²) in [6.45, 7) is 7.91. The van der Waals surface area contributed by atoms with E-state index in [-0.39, 0.29) is 28.2 Å². The molecule has 0 aliphatic carbocycles. The van der Waals surface area contributed by atoms with Gasteiger partial charge in [0, 0.05) is 5.69 Å². The van der Waals surface area contributed by atoms with E-state index in [1.54, 1.807) is 27.7 Å². The van der Waals surface area contributed by atoms with Gasteiger partial charge in [-0.25, -0.2) is 9.59 Å². The number of aromatic nitrogens is 1. The smallest absolute Gasteiger partial charge is 0.416 e. The predicted molar refractivity (Wildman–Crippen MR) is 111 cm³/mol. The Morgan fingerprint density at radius 1 is 1.00 bits per heavy atom. The molecule has 3 N–H and O–H groups in total. The van der Waals surface area contributed by atoms with Crippen LogP contribution in [0.3, 0.4) is 0 Å². The molecule has 8 nitrogen and oxygen atoms in total. The van der Waals surface area contributed by atoms with Gasteiger partial charge in [0.15, 0.2) is 0 Å². The highest BCUT2D eigenvalue weighted by Crippen LogP contribution is 2.34. The van der Waals surface area contributed by atoms with Gasteiger partial charge in [-0.15, -0.1) is 0 Å². The minimum Gasteiger partial charge on any atom is -0.465 e. The summed E-state index contributed by atoms with van der Waals surface area (Å²) in [6.07, 6.45) is -5.59. The zero-order chi connectivity index (χ0) is 24.4. The maximum absolute atomic E-state index is 13.2. The van der Waals surface area contributed by atoms with Gasteiger partial charge in [-0.3, -0.25) is 10.1 Å². The molecule has 32 heavy (non-hydrogen) atoms. The Labute approximate surface area is 182 Å². The van der Waals surface area contributed by atoms with Crippen molar-refractivity contribution in [1.29, 1.82) is 0 Å². The first-order valence-electron chi connectivity index (χ1n) is 9.44. The van der Waals surface area contributed by atoms with Crippen LogP contribution in [0.1, 0.15) is 58.4 Å². The maximum Gasteiger partial charge on any atom is 0.416 e. The number of nitrogens with one attached hydrogen (secondary N) is 3. The second kappa shape index (κ2) is 8.93. The number of anilines is 2. The van der Waals surface area contributed by atoms with E-state index in [0.29, 0.717) is 11.8 Å². The van der Waals surface area contributed by atoms with Crippen LogP contribution < -0.4 is 10.6 Å². The van der Waals surface area contributed by atoms with Gasteiger partial charge in [0.25, 0.3) is 5.91 Å². The molecule has 0 aliphatic rings. The lowest BCUT2D eigenvalue weighted by Gasteiger charge is -2.21. The van der Waals surface area contributed by atoms with Crippen LogP contribution >= 0.6 is 0 Å². The summed E-state index contributed by atoms with van der Waals surface area (Å²) in [5, 5.41) is 4.69. The second-order valence-corrected chi connectivity index (χ2v) is 7.96. The van der Waals surface area contributed by atoms with Gasteiger partial charge in [0.1, 0.15) is 11.3 Å². The molecule has 0 fully saturated rings.